The van der Waals surface area contributed by atoms with Crippen molar-refractivity contribution in [2.75, 3.05) is 13.7 Å². The van der Waals surface area contributed by atoms with Crippen molar-refractivity contribution in [2.24, 2.45) is 0 Å². The maximum Gasteiger partial charge on any atom is 0.406 e. The molecule has 1 N–H and O–H groups in total. The molecular formula is C21H25NO3. The maximum atomic E-state index is 12.8. The minimum Gasteiger partial charge on any atom is -0.453 e. The van der Waals surface area contributed by atoms with Crippen LogP contribution in [0.25, 0.3) is 0 Å². The molecule has 4 nitrogen and oxygen atoms in total. The highest BCUT2D eigenvalue weighted by atomic mass is 16.5. The Bertz CT molecular complexity index is 616. The van der Waals surface area contributed by atoms with Crippen LogP contribution in [0.4, 0.5) is 4.79 Å². The summed E-state index contributed by atoms with van der Waals surface area (Å²) in [6.45, 7) is 0.571. The van der Waals surface area contributed by atoms with Gasteiger partial charge in [0, 0.05) is 13.0 Å². The van der Waals surface area contributed by atoms with Crippen LogP contribution < -0.4 is 5.32 Å². The van der Waals surface area contributed by atoms with Gasteiger partial charge in [-0.25, -0.2) is 4.79 Å². The number of hydrogen-bond acceptors (Lipinski definition) is 3. The van der Waals surface area contributed by atoms with Crippen LogP contribution in [0.1, 0.15) is 42.7 Å². The van der Waals surface area contributed by atoms with Gasteiger partial charge in [-0.3, -0.25) is 4.79 Å². The number of methoxy groups -OCH3 is 1. The number of alkyl carbamates (subject to hydrolysis) is 1. The van der Waals surface area contributed by atoms with E-state index in [1.54, 1.807) is 0 Å². The second kappa shape index (κ2) is 10.3. The fourth-order valence-corrected chi connectivity index (χ4v) is 2.86. The molecule has 25 heavy (non-hydrogen) atoms. The topological polar surface area (TPSA) is 55.4 Å². The number of carbonyl (C=O) groups excluding carboxylic acids is 2. The van der Waals surface area contributed by atoms with Crippen LogP contribution in [0.15, 0.2) is 60.7 Å². The van der Waals surface area contributed by atoms with Gasteiger partial charge in [0.25, 0.3) is 0 Å². The third-order valence-corrected chi connectivity index (χ3v) is 4.14. The fourth-order valence-electron chi connectivity index (χ4n) is 2.86. The predicted molar refractivity (Wildman–Crippen MR) is 98.6 cm³/mol. The number of benzene rings is 2. The Morgan fingerprint density at radius 3 is 1.96 bits per heavy atom. The lowest BCUT2D eigenvalue weighted by atomic mass is 9.86. The van der Waals surface area contributed by atoms with E-state index in [4.69, 9.17) is 0 Å². The fraction of sp³-hybridized carbons (Fsp3) is 0.333. The first kappa shape index (κ1) is 18.7. The van der Waals surface area contributed by atoms with Crippen molar-refractivity contribution in [3.8, 4) is 0 Å². The molecule has 132 valence electrons. The number of ether oxygens (including phenoxy) is 1. The van der Waals surface area contributed by atoms with E-state index in [2.05, 4.69) is 10.1 Å². The number of nitrogens with one attached hydrogen (secondary N) is 1. The molecule has 0 saturated carbocycles. The third kappa shape index (κ3) is 6.07. The molecule has 2 aromatic rings. The van der Waals surface area contributed by atoms with Gasteiger partial charge in [0.1, 0.15) is 5.78 Å². The van der Waals surface area contributed by atoms with Gasteiger partial charge in [-0.2, -0.15) is 0 Å². The molecule has 1 amide bonds. The summed E-state index contributed by atoms with van der Waals surface area (Å²) in [4.78, 5) is 23.8. The molecule has 4 heteroatoms. The van der Waals surface area contributed by atoms with Gasteiger partial charge in [0.2, 0.25) is 0 Å². The molecule has 0 bridgehead atoms. The first-order valence-corrected chi connectivity index (χ1v) is 8.67. The Labute approximate surface area is 149 Å². The van der Waals surface area contributed by atoms with Crippen molar-refractivity contribution in [2.45, 2.75) is 31.6 Å². The van der Waals surface area contributed by atoms with Crippen LogP contribution in [-0.4, -0.2) is 25.5 Å². The molecule has 0 heterocycles. The van der Waals surface area contributed by atoms with E-state index < -0.39 is 6.09 Å². The molecule has 2 rings (SSSR count). The highest BCUT2D eigenvalue weighted by Crippen LogP contribution is 2.27. The molecule has 0 atom stereocenters. The Kier molecular flexibility index (Phi) is 7.70. The van der Waals surface area contributed by atoms with Crippen molar-refractivity contribution >= 4 is 11.9 Å². The molecule has 0 aliphatic heterocycles. The second-order valence-electron chi connectivity index (χ2n) is 5.95. The van der Waals surface area contributed by atoms with Crippen LogP contribution in [-0.2, 0) is 9.53 Å². The molecule has 0 aliphatic carbocycles. The van der Waals surface area contributed by atoms with Gasteiger partial charge < -0.3 is 10.1 Å². The van der Waals surface area contributed by atoms with Gasteiger partial charge >= 0.3 is 6.09 Å². The molecule has 0 radical (unpaired) electrons. The molecule has 0 spiro atoms. The van der Waals surface area contributed by atoms with Gasteiger partial charge in [-0.05, 0) is 24.0 Å². The third-order valence-electron chi connectivity index (χ3n) is 4.14. The van der Waals surface area contributed by atoms with E-state index >= 15 is 0 Å². The predicted octanol–water partition coefficient (Wildman–Crippen LogP) is 4.30. The summed E-state index contributed by atoms with van der Waals surface area (Å²) in [7, 11) is 1.35. The van der Waals surface area contributed by atoms with Crippen LogP contribution in [0.5, 0.6) is 0 Å². The molecular weight excluding hydrogens is 314 g/mol. The summed E-state index contributed by atoms with van der Waals surface area (Å²) in [5.74, 6) is 0.0221. The lowest BCUT2D eigenvalue weighted by molar-refractivity contribution is -0.119. The smallest absolute Gasteiger partial charge is 0.406 e. The van der Waals surface area contributed by atoms with Gasteiger partial charge in [-0.15, -0.1) is 0 Å². The van der Waals surface area contributed by atoms with Crippen molar-refractivity contribution in [3.05, 3.63) is 71.8 Å². The van der Waals surface area contributed by atoms with Crippen LogP contribution in [0, 0.1) is 0 Å². The van der Waals surface area contributed by atoms with Crippen LogP contribution >= 0.6 is 0 Å². The lowest BCUT2D eigenvalue weighted by Gasteiger charge is -2.17. The van der Waals surface area contributed by atoms with Crippen molar-refractivity contribution in [1.29, 1.82) is 0 Å². The molecule has 2 aromatic carbocycles. The Morgan fingerprint density at radius 2 is 1.44 bits per heavy atom. The SMILES string of the molecule is COC(=O)NCCCCCC(=O)C(c1ccccc1)c1ccccc1. The lowest BCUT2D eigenvalue weighted by Crippen LogP contribution is -2.23. The van der Waals surface area contributed by atoms with E-state index in [1.165, 1.54) is 7.11 Å². The standard InChI is InChI=1S/C21H25NO3/c1-25-21(24)22-16-10-4-9-15-19(23)20(17-11-5-2-6-12-17)18-13-7-3-8-14-18/h2-3,5-8,11-14,20H,4,9-10,15-16H2,1H3,(H,22,24). The number of hydrogen-bond donors (Lipinski definition) is 1. The first-order valence-electron chi connectivity index (χ1n) is 8.67. The number of rotatable bonds is 9. The number of carbonyl (C=O) groups is 2. The quantitative estimate of drug-likeness (QED) is 0.693. The van der Waals surface area contributed by atoms with Crippen molar-refractivity contribution < 1.29 is 14.3 Å². The largest absolute Gasteiger partial charge is 0.453 e. The second-order valence-corrected chi connectivity index (χ2v) is 5.95. The molecule has 0 aliphatic rings. The average Bonchev–Trinajstić information content (AvgIpc) is 2.66. The minimum atomic E-state index is -0.413. The zero-order valence-corrected chi connectivity index (χ0v) is 14.6. The number of ketones is 1. The number of amides is 1. The minimum absolute atomic E-state index is 0.212. The zero-order chi connectivity index (χ0) is 17.9. The Morgan fingerprint density at radius 1 is 0.880 bits per heavy atom. The highest BCUT2D eigenvalue weighted by molar-refractivity contribution is 5.89. The maximum absolute atomic E-state index is 12.8. The molecule has 0 fully saturated rings. The zero-order valence-electron chi connectivity index (χ0n) is 14.6. The van der Waals surface area contributed by atoms with Gasteiger partial charge in [0.05, 0.1) is 13.0 Å². The summed E-state index contributed by atoms with van der Waals surface area (Å²) in [5.41, 5.74) is 2.07. The molecule has 0 aromatic heterocycles. The Balaban J connectivity index is 1.90. The molecule has 0 unspecified atom stereocenters. The summed E-state index contributed by atoms with van der Waals surface area (Å²) < 4.78 is 4.52. The Hall–Kier alpha value is -2.62. The summed E-state index contributed by atoms with van der Waals surface area (Å²) in [6, 6.07) is 19.8. The van der Waals surface area contributed by atoms with E-state index in [9.17, 15) is 9.59 Å². The monoisotopic (exact) mass is 339 g/mol. The molecule has 0 saturated heterocycles. The van der Waals surface area contributed by atoms with E-state index in [-0.39, 0.29) is 11.7 Å². The first-order chi connectivity index (χ1) is 12.2. The van der Waals surface area contributed by atoms with E-state index in [0.29, 0.717) is 13.0 Å². The normalized spacial score (nSPS) is 10.5. The average molecular weight is 339 g/mol. The summed E-state index contributed by atoms with van der Waals surface area (Å²) in [6.07, 6.45) is 2.67. The number of Topliss-reactive ketones (excluding diaryl/α,β-unsaturated/α-hetero) is 1. The van der Waals surface area contributed by atoms with Crippen LogP contribution in [0.3, 0.4) is 0 Å². The number of unbranched alkanes of at least 4 members (excludes halogenated alkanes) is 2. The van der Waals surface area contributed by atoms with Crippen molar-refractivity contribution in [1.82, 2.24) is 5.32 Å². The summed E-state index contributed by atoms with van der Waals surface area (Å²) >= 11 is 0. The van der Waals surface area contributed by atoms with Crippen molar-refractivity contribution in [3.63, 3.8) is 0 Å². The van der Waals surface area contributed by atoms with Gasteiger partial charge in [-0.1, -0.05) is 67.1 Å². The van der Waals surface area contributed by atoms with Gasteiger partial charge in [0.15, 0.2) is 0 Å². The highest BCUT2D eigenvalue weighted by Gasteiger charge is 2.21. The van der Waals surface area contributed by atoms with E-state index in [0.717, 1.165) is 30.4 Å². The van der Waals surface area contributed by atoms with E-state index in [1.807, 2.05) is 60.7 Å². The van der Waals surface area contributed by atoms with Crippen LogP contribution in [0.2, 0.25) is 0 Å². The summed E-state index contributed by atoms with van der Waals surface area (Å²) in [5, 5.41) is 2.65.